The van der Waals surface area contributed by atoms with E-state index in [1.54, 1.807) is 12.1 Å². The van der Waals surface area contributed by atoms with Gasteiger partial charge >= 0.3 is 0 Å². The Morgan fingerprint density at radius 3 is 2.70 bits per heavy atom. The van der Waals surface area contributed by atoms with Crippen LogP contribution in [-0.4, -0.2) is 71.7 Å². The van der Waals surface area contributed by atoms with E-state index in [2.05, 4.69) is 0 Å². The first-order valence-corrected chi connectivity index (χ1v) is 7.74. The zero-order chi connectivity index (χ0) is 16.4. The van der Waals surface area contributed by atoms with Crippen molar-refractivity contribution in [1.29, 1.82) is 0 Å². The summed E-state index contributed by atoms with van der Waals surface area (Å²) < 4.78 is 16.6. The van der Waals surface area contributed by atoms with Gasteiger partial charge in [-0.25, -0.2) is 0 Å². The zero-order valence-electron chi connectivity index (χ0n) is 12.9. The van der Waals surface area contributed by atoms with Gasteiger partial charge in [0.1, 0.15) is 18.8 Å². The molecule has 7 nitrogen and oxygen atoms in total. The van der Waals surface area contributed by atoms with Gasteiger partial charge in [0.2, 0.25) is 6.10 Å². The van der Waals surface area contributed by atoms with Crippen molar-refractivity contribution in [2.75, 3.05) is 26.4 Å². The van der Waals surface area contributed by atoms with Crippen LogP contribution in [0.5, 0.6) is 11.5 Å². The van der Waals surface area contributed by atoms with Crippen LogP contribution in [0.15, 0.2) is 24.3 Å². The normalized spacial score (nSPS) is 29.9. The molecule has 2 aliphatic heterocycles. The van der Waals surface area contributed by atoms with Crippen molar-refractivity contribution in [2.24, 2.45) is 0 Å². The second kappa shape index (κ2) is 6.74. The Hall–Kier alpha value is -1.83. The average molecular weight is 323 g/mol. The van der Waals surface area contributed by atoms with Crippen LogP contribution in [0.25, 0.3) is 0 Å². The second-order valence-corrected chi connectivity index (χ2v) is 5.65. The molecule has 0 radical (unpaired) electrons. The molecule has 0 saturated carbocycles. The molecule has 1 aromatic rings. The smallest absolute Gasteiger partial charge is 0.267 e. The van der Waals surface area contributed by atoms with Crippen LogP contribution in [0, 0.1) is 0 Å². The third-order valence-corrected chi connectivity index (χ3v) is 4.17. The number of para-hydroxylation sites is 2. The molecule has 0 bridgehead atoms. The Bertz CT molecular complexity index is 565. The van der Waals surface area contributed by atoms with Gasteiger partial charge in [-0.15, -0.1) is 0 Å². The topological polar surface area (TPSA) is 88.5 Å². The minimum atomic E-state index is -1.04. The van der Waals surface area contributed by atoms with Crippen LogP contribution in [-0.2, 0) is 9.53 Å². The minimum Gasteiger partial charge on any atom is -0.485 e. The van der Waals surface area contributed by atoms with Crippen molar-refractivity contribution >= 4 is 5.91 Å². The summed E-state index contributed by atoms with van der Waals surface area (Å²) in [5.74, 6) is 0.841. The summed E-state index contributed by atoms with van der Waals surface area (Å²) in [6.07, 6.45) is -2.82. The number of aliphatic hydroxyl groups is 2. The summed E-state index contributed by atoms with van der Waals surface area (Å²) in [4.78, 5) is 14.2. The molecule has 3 rings (SSSR count). The quantitative estimate of drug-likeness (QED) is 0.801. The largest absolute Gasteiger partial charge is 0.485 e. The fourth-order valence-corrected chi connectivity index (χ4v) is 2.92. The van der Waals surface area contributed by atoms with E-state index < -0.39 is 24.4 Å². The predicted octanol–water partition coefficient (Wildman–Crippen LogP) is -0.205. The van der Waals surface area contributed by atoms with Crippen molar-refractivity contribution in [3.05, 3.63) is 24.3 Å². The lowest BCUT2D eigenvalue weighted by molar-refractivity contribution is -0.163. The molecule has 0 aliphatic carbocycles. The maximum absolute atomic E-state index is 12.8. The van der Waals surface area contributed by atoms with E-state index in [1.807, 2.05) is 19.1 Å². The highest BCUT2D eigenvalue weighted by atomic mass is 16.6. The fraction of sp³-hybridized carbons (Fsp3) is 0.562. The first kappa shape index (κ1) is 16.0. The van der Waals surface area contributed by atoms with Crippen molar-refractivity contribution in [2.45, 2.75) is 31.3 Å². The number of likely N-dealkylation sites (N-methyl/N-ethyl adjacent to an activating group) is 1. The SMILES string of the molecule is CCN(C(=O)C1COc2ccccc2O1)[C@@H]1COC[C@@H](O)[C@H]1O. The standard InChI is InChI=1S/C16H21NO6/c1-2-17(10-7-21-8-11(18)15(10)19)16(20)14-9-22-12-5-3-4-6-13(12)23-14/h3-6,10-11,14-15,18-19H,2,7-9H2,1H3/t10-,11-,14?,15+/m1/s1. The van der Waals surface area contributed by atoms with Gasteiger partial charge in [0.15, 0.2) is 11.5 Å². The van der Waals surface area contributed by atoms with Gasteiger partial charge in [0, 0.05) is 6.54 Å². The maximum atomic E-state index is 12.8. The van der Waals surface area contributed by atoms with E-state index in [0.29, 0.717) is 18.0 Å². The van der Waals surface area contributed by atoms with Gasteiger partial charge in [-0.3, -0.25) is 4.79 Å². The first-order chi connectivity index (χ1) is 11.1. The van der Waals surface area contributed by atoms with Crippen LogP contribution in [0.2, 0.25) is 0 Å². The molecule has 0 aromatic heterocycles. The van der Waals surface area contributed by atoms with Crippen molar-refractivity contribution in [1.82, 2.24) is 4.90 Å². The van der Waals surface area contributed by atoms with E-state index in [9.17, 15) is 15.0 Å². The molecule has 1 amide bonds. The van der Waals surface area contributed by atoms with E-state index in [1.165, 1.54) is 4.90 Å². The van der Waals surface area contributed by atoms with Crippen LogP contribution in [0.3, 0.4) is 0 Å². The van der Waals surface area contributed by atoms with E-state index in [-0.39, 0.29) is 25.7 Å². The molecule has 1 saturated heterocycles. The highest BCUT2D eigenvalue weighted by Crippen LogP contribution is 2.31. The van der Waals surface area contributed by atoms with Gasteiger partial charge in [-0.2, -0.15) is 0 Å². The Labute approximate surface area is 134 Å². The van der Waals surface area contributed by atoms with Crippen molar-refractivity contribution in [3.63, 3.8) is 0 Å². The summed E-state index contributed by atoms with van der Waals surface area (Å²) in [5.41, 5.74) is 0. The summed E-state index contributed by atoms with van der Waals surface area (Å²) in [7, 11) is 0. The van der Waals surface area contributed by atoms with Crippen LogP contribution in [0.4, 0.5) is 0 Å². The number of hydrogen-bond donors (Lipinski definition) is 2. The van der Waals surface area contributed by atoms with Gasteiger partial charge in [-0.1, -0.05) is 12.1 Å². The molecule has 2 heterocycles. The van der Waals surface area contributed by atoms with Crippen molar-refractivity contribution in [3.8, 4) is 11.5 Å². The molecule has 4 atom stereocenters. The van der Waals surface area contributed by atoms with E-state index >= 15 is 0 Å². The van der Waals surface area contributed by atoms with Crippen LogP contribution >= 0.6 is 0 Å². The van der Waals surface area contributed by atoms with Gasteiger partial charge < -0.3 is 29.3 Å². The van der Waals surface area contributed by atoms with Crippen molar-refractivity contribution < 1.29 is 29.2 Å². The molecule has 1 unspecified atom stereocenters. The molecule has 1 aromatic carbocycles. The second-order valence-electron chi connectivity index (χ2n) is 5.65. The lowest BCUT2D eigenvalue weighted by Gasteiger charge is -2.40. The third-order valence-electron chi connectivity index (χ3n) is 4.17. The molecule has 23 heavy (non-hydrogen) atoms. The molecular formula is C16H21NO6. The summed E-state index contributed by atoms with van der Waals surface area (Å²) in [6.45, 7) is 2.54. The van der Waals surface area contributed by atoms with Crippen LogP contribution < -0.4 is 9.47 Å². The number of benzene rings is 1. The Morgan fingerprint density at radius 2 is 1.96 bits per heavy atom. The third kappa shape index (κ3) is 3.12. The molecule has 2 aliphatic rings. The monoisotopic (exact) mass is 323 g/mol. The molecule has 1 fully saturated rings. The maximum Gasteiger partial charge on any atom is 0.267 e. The molecule has 7 heteroatoms. The fourth-order valence-electron chi connectivity index (χ4n) is 2.92. The number of amides is 1. The predicted molar refractivity (Wildman–Crippen MR) is 80.4 cm³/mol. The van der Waals surface area contributed by atoms with Gasteiger partial charge in [-0.05, 0) is 19.1 Å². The van der Waals surface area contributed by atoms with Crippen LogP contribution in [0.1, 0.15) is 6.92 Å². The highest BCUT2D eigenvalue weighted by molar-refractivity contribution is 5.82. The molecule has 126 valence electrons. The molecule has 0 spiro atoms. The first-order valence-electron chi connectivity index (χ1n) is 7.74. The summed E-state index contributed by atoms with van der Waals surface area (Å²) >= 11 is 0. The van der Waals surface area contributed by atoms with E-state index in [0.717, 1.165) is 0 Å². The van der Waals surface area contributed by atoms with E-state index in [4.69, 9.17) is 14.2 Å². The number of carbonyl (C=O) groups is 1. The number of hydrogen-bond acceptors (Lipinski definition) is 6. The molecule has 2 N–H and O–H groups in total. The lowest BCUT2D eigenvalue weighted by Crippen LogP contribution is -2.60. The number of nitrogens with zero attached hydrogens (tertiary/aromatic N) is 1. The Kier molecular flexibility index (Phi) is 4.70. The molecular weight excluding hydrogens is 302 g/mol. The summed E-state index contributed by atoms with van der Waals surface area (Å²) in [5, 5.41) is 19.9. The number of rotatable bonds is 3. The summed E-state index contributed by atoms with van der Waals surface area (Å²) in [6, 6.07) is 6.56. The lowest BCUT2D eigenvalue weighted by atomic mass is 10.0. The highest BCUT2D eigenvalue weighted by Gasteiger charge is 2.40. The zero-order valence-corrected chi connectivity index (χ0v) is 12.9. The number of fused-ring (bicyclic) bond motifs is 1. The minimum absolute atomic E-state index is 0.0693. The Morgan fingerprint density at radius 1 is 1.22 bits per heavy atom. The number of aliphatic hydroxyl groups excluding tert-OH is 2. The van der Waals surface area contributed by atoms with Gasteiger partial charge in [0.05, 0.1) is 19.3 Å². The number of carbonyl (C=O) groups excluding carboxylic acids is 1. The van der Waals surface area contributed by atoms with Gasteiger partial charge in [0.25, 0.3) is 5.91 Å². The number of ether oxygens (including phenoxy) is 3. The Balaban J connectivity index is 1.73. The average Bonchev–Trinajstić information content (AvgIpc) is 2.58.